The van der Waals surface area contributed by atoms with Crippen molar-refractivity contribution >= 4 is 17.8 Å². The molecule has 0 aromatic rings. The number of likely N-dealkylation sites (tertiary alicyclic amines) is 1. The standard InChI is InChI=1S/C64H112N2O5/c1-8-10-12-14-15-22-33-53(32-21-13-11-9-2)62(69)70-49-28-19-18-27-47-66(60(67)41-48-65-44-24-20-25-45-65)46-26-17-16-23-34-61(68)71-55-39-42-63(6)54(50-55)35-36-56-58-38-37-57(52(5)31-29-30-51(3)4)64(58,7)43-40-59(56)63/h35-36,51-53,55,57-59H,8-34,37-50H2,1-7H3. The summed E-state index contributed by atoms with van der Waals surface area (Å²) in [6.45, 7) is 22.2. The molecule has 0 spiro atoms. The fraction of sp³-hybridized carbons (Fsp3) is 0.891. The zero-order chi connectivity index (χ0) is 50.9. The molecular formula is C64H112N2O5. The summed E-state index contributed by atoms with van der Waals surface area (Å²) in [4.78, 5) is 44.6. The number of unbranched alkanes of at least 4 members (excludes halogenated alkanes) is 14. The molecule has 7 heteroatoms. The number of allylic oxidation sites excluding steroid dienone is 3. The molecule has 1 amide bonds. The van der Waals surface area contributed by atoms with E-state index in [0.29, 0.717) is 36.7 Å². The number of ether oxygens (including phenoxy) is 2. The van der Waals surface area contributed by atoms with Gasteiger partial charge in [-0.15, -0.1) is 0 Å². The van der Waals surface area contributed by atoms with Crippen LogP contribution in [0.2, 0.25) is 0 Å². The largest absolute Gasteiger partial charge is 0.465 e. The van der Waals surface area contributed by atoms with Gasteiger partial charge in [0, 0.05) is 38.9 Å². The van der Waals surface area contributed by atoms with E-state index in [-0.39, 0.29) is 29.4 Å². The Morgan fingerprint density at radius 3 is 2.01 bits per heavy atom. The van der Waals surface area contributed by atoms with Gasteiger partial charge < -0.3 is 19.3 Å². The van der Waals surface area contributed by atoms with Crippen molar-refractivity contribution in [3.8, 4) is 0 Å². The van der Waals surface area contributed by atoms with Gasteiger partial charge in [0.05, 0.1) is 12.5 Å². The number of hydrogen-bond acceptors (Lipinski definition) is 6. The average molecular weight is 990 g/mol. The Hall–Kier alpha value is -2.15. The third kappa shape index (κ3) is 19.2. The van der Waals surface area contributed by atoms with Gasteiger partial charge in [0.2, 0.25) is 5.91 Å². The third-order valence-corrected chi connectivity index (χ3v) is 19.2. The maximum Gasteiger partial charge on any atom is 0.308 e. The zero-order valence-corrected chi connectivity index (χ0v) is 47.6. The zero-order valence-electron chi connectivity index (χ0n) is 47.6. The fourth-order valence-electron chi connectivity index (χ4n) is 14.6. The van der Waals surface area contributed by atoms with Crippen LogP contribution in [0.15, 0.2) is 23.3 Å². The smallest absolute Gasteiger partial charge is 0.308 e. The molecule has 0 aromatic carbocycles. The minimum atomic E-state index is -0.0288. The lowest BCUT2D eigenvalue weighted by Crippen LogP contribution is -2.46. The van der Waals surface area contributed by atoms with Crippen LogP contribution in [-0.2, 0) is 23.9 Å². The van der Waals surface area contributed by atoms with Crippen LogP contribution in [0.25, 0.3) is 0 Å². The molecule has 1 heterocycles. The molecule has 0 aromatic heterocycles. The Balaban J connectivity index is 0.991. The number of amides is 1. The van der Waals surface area contributed by atoms with Crippen molar-refractivity contribution in [1.29, 1.82) is 0 Å². The van der Waals surface area contributed by atoms with Crippen molar-refractivity contribution in [2.45, 2.75) is 279 Å². The second-order valence-corrected chi connectivity index (χ2v) is 25.1. The summed E-state index contributed by atoms with van der Waals surface area (Å²) < 4.78 is 12.1. The molecule has 4 aliphatic carbocycles. The van der Waals surface area contributed by atoms with E-state index in [2.05, 4.69) is 70.4 Å². The van der Waals surface area contributed by atoms with Crippen LogP contribution in [-0.4, -0.2) is 73.1 Å². The van der Waals surface area contributed by atoms with Gasteiger partial charge in [0.1, 0.15) is 6.10 Å². The molecule has 5 rings (SSSR count). The Kier molecular flexibility index (Phi) is 27.2. The number of carbonyl (C=O) groups excluding carboxylic acids is 3. The molecular weight excluding hydrogens is 877 g/mol. The Labute approximate surface area is 438 Å². The van der Waals surface area contributed by atoms with E-state index in [1.165, 1.54) is 121 Å². The van der Waals surface area contributed by atoms with Gasteiger partial charge in [-0.05, 0) is 150 Å². The molecule has 1 saturated heterocycles. The van der Waals surface area contributed by atoms with Crippen LogP contribution in [0.3, 0.4) is 0 Å². The summed E-state index contributed by atoms with van der Waals surface area (Å²) in [6, 6.07) is 0. The minimum Gasteiger partial charge on any atom is -0.465 e. The van der Waals surface area contributed by atoms with Gasteiger partial charge in [-0.1, -0.05) is 181 Å². The number of hydrogen-bond donors (Lipinski definition) is 0. The molecule has 71 heavy (non-hydrogen) atoms. The van der Waals surface area contributed by atoms with Crippen LogP contribution in [0.4, 0.5) is 0 Å². The molecule has 7 nitrogen and oxygen atoms in total. The molecule has 8 atom stereocenters. The van der Waals surface area contributed by atoms with Crippen LogP contribution in [0, 0.1) is 46.3 Å². The van der Waals surface area contributed by atoms with Crippen LogP contribution >= 0.6 is 0 Å². The predicted octanol–water partition coefficient (Wildman–Crippen LogP) is 17.0. The van der Waals surface area contributed by atoms with E-state index in [9.17, 15) is 14.4 Å². The number of nitrogens with zero attached hydrogens (tertiary/aromatic N) is 2. The van der Waals surface area contributed by atoms with Crippen molar-refractivity contribution < 1.29 is 23.9 Å². The molecule has 4 fully saturated rings. The Morgan fingerprint density at radius 1 is 0.662 bits per heavy atom. The molecule has 408 valence electrons. The summed E-state index contributed by atoms with van der Waals surface area (Å²) in [7, 11) is 0. The van der Waals surface area contributed by atoms with Gasteiger partial charge in [0.15, 0.2) is 0 Å². The molecule has 5 aliphatic rings. The number of piperidine rings is 1. The van der Waals surface area contributed by atoms with Crippen molar-refractivity contribution in [3.63, 3.8) is 0 Å². The minimum absolute atomic E-state index is 0.00452. The highest BCUT2D eigenvalue weighted by Crippen LogP contribution is 2.66. The van der Waals surface area contributed by atoms with Crippen molar-refractivity contribution in [1.82, 2.24) is 9.80 Å². The SMILES string of the molecule is CCCCCCCCC(CCCCCC)C(=O)OCCCCCCN(CCCCCCC(=O)OC1CCC2(C)C(=CC=C3C2CCC2(C)C3CCC2C(C)CCCC(C)C)C1)C(=O)CCN1CCCCC1. The van der Waals surface area contributed by atoms with E-state index in [1.54, 1.807) is 5.57 Å². The van der Waals surface area contributed by atoms with E-state index < -0.39 is 0 Å². The van der Waals surface area contributed by atoms with Crippen molar-refractivity contribution in [2.24, 2.45) is 46.3 Å². The number of rotatable bonds is 36. The average Bonchev–Trinajstić information content (AvgIpc) is 3.72. The summed E-state index contributed by atoms with van der Waals surface area (Å²) in [5.74, 6) is 4.22. The quantitative estimate of drug-likeness (QED) is 0.0460. The maximum absolute atomic E-state index is 13.6. The van der Waals surface area contributed by atoms with E-state index in [4.69, 9.17) is 9.47 Å². The highest BCUT2D eigenvalue weighted by molar-refractivity contribution is 5.76. The highest BCUT2D eigenvalue weighted by Gasteiger charge is 2.57. The second-order valence-electron chi connectivity index (χ2n) is 25.1. The molecule has 3 saturated carbocycles. The molecule has 0 radical (unpaired) electrons. The lowest BCUT2D eigenvalue weighted by Gasteiger charge is -2.55. The van der Waals surface area contributed by atoms with Crippen LogP contribution in [0.5, 0.6) is 0 Å². The van der Waals surface area contributed by atoms with Gasteiger partial charge >= 0.3 is 11.9 Å². The third-order valence-electron chi connectivity index (χ3n) is 19.2. The number of carbonyl (C=O) groups is 3. The fourth-order valence-corrected chi connectivity index (χ4v) is 14.6. The molecule has 8 unspecified atom stereocenters. The number of fused-ring (bicyclic) bond motifs is 5. The molecule has 0 bridgehead atoms. The van der Waals surface area contributed by atoms with E-state index in [0.717, 1.165) is 153 Å². The summed E-state index contributed by atoms with van der Waals surface area (Å²) in [5.41, 5.74) is 3.95. The van der Waals surface area contributed by atoms with Crippen molar-refractivity contribution in [3.05, 3.63) is 23.3 Å². The normalized spacial score (nSPS) is 26.2. The second kappa shape index (κ2) is 32.3. The predicted molar refractivity (Wildman–Crippen MR) is 297 cm³/mol. The summed E-state index contributed by atoms with van der Waals surface area (Å²) in [5, 5.41) is 0. The first-order valence-electron chi connectivity index (χ1n) is 31.2. The first-order valence-corrected chi connectivity index (χ1v) is 31.2. The maximum atomic E-state index is 13.6. The van der Waals surface area contributed by atoms with Gasteiger partial charge in [-0.3, -0.25) is 14.4 Å². The summed E-state index contributed by atoms with van der Waals surface area (Å²) in [6.07, 6.45) is 44.6. The van der Waals surface area contributed by atoms with E-state index in [1.807, 2.05) is 0 Å². The van der Waals surface area contributed by atoms with E-state index >= 15 is 0 Å². The van der Waals surface area contributed by atoms with Crippen LogP contribution in [0.1, 0.15) is 273 Å². The summed E-state index contributed by atoms with van der Waals surface area (Å²) >= 11 is 0. The highest BCUT2D eigenvalue weighted by atomic mass is 16.5. The monoisotopic (exact) mass is 989 g/mol. The molecule has 0 N–H and O–H groups in total. The van der Waals surface area contributed by atoms with Crippen molar-refractivity contribution in [2.75, 3.05) is 39.3 Å². The van der Waals surface area contributed by atoms with Gasteiger partial charge in [0.25, 0.3) is 0 Å². The van der Waals surface area contributed by atoms with Gasteiger partial charge in [-0.25, -0.2) is 0 Å². The topological polar surface area (TPSA) is 76.1 Å². The lowest BCUT2D eigenvalue weighted by molar-refractivity contribution is -0.151. The first kappa shape index (κ1) is 59.7. The number of esters is 2. The lowest BCUT2D eigenvalue weighted by atomic mass is 9.50. The molecule has 1 aliphatic heterocycles. The first-order chi connectivity index (χ1) is 34.4. The van der Waals surface area contributed by atoms with Crippen LogP contribution < -0.4 is 0 Å². The van der Waals surface area contributed by atoms with Gasteiger partial charge in [-0.2, -0.15) is 0 Å². The Morgan fingerprint density at radius 2 is 1.31 bits per heavy atom. The Bertz CT molecular complexity index is 1600.